The Kier molecular flexibility index (Phi) is 6.41. The highest BCUT2D eigenvalue weighted by Crippen LogP contribution is 2.15. The van der Waals surface area contributed by atoms with E-state index in [1.807, 2.05) is 0 Å². The van der Waals surface area contributed by atoms with Crippen LogP contribution in [-0.4, -0.2) is 26.8 Å². The van der Waals surface area contributed by atoms with Crippen molar-refractivity contribution in [2.75, 3.05) is 6.54 Å². The van der Waals surface area contributed by atoms with E-state index in [4.69, 9.17) is 4.42 Å². The molecular weight excluding hydrogens is 372 g/mol. The van der Waals surface area contributed by atoms with E-state index in [9.17, 15) is 26.8 Å². The van der Waals surface area contributed by atoms with E-state index >= 15 is 0 Å². The average molecular weight is 387 g/mol. The highest BCUT2D eigenvalue weighted by Gasteiger charge is 2.19. The molecule has 0 saturated carbocycles. The molecule has 2 rings (SSSR count). The summed E-state index contributed by atoms with van der Waals surface area (Å²) in [5.41, 5.74) is 4.26. The van der Waals surface area contributed by atoms with Gasteiger partial charge >= 0.3 is 5.91 Å². The molecule has 1 heterocycles. The Bertz CT molecular complexity index is 885. The Hall–Kier alpha value is -2.79. The smallest absolute Gasteiger partial charge is 0.305 e. The molecule has 0 saturated heterocycles. The molecule has 0 radical (unpaired) electrons. The van der Waals surface area contributed by atoms with Gasteiger partial charge in [0.2, 0.25) is 15.9 Å². The van der Waals surface area contributed by atoms with Gasteiger partial charge < -0.3 is 4.42 Å². The molecule has 0 aliphatic carbocycles. The molecule has 26 heavy (non-hydrogen) atoms. The van der Waals surface area contributed by atoms with E-state index in [1.54, 1.807) is 0 Å². The summed E-state index contributed by atoms with van der Waals surface area (Å²) in [6.45, 7) is -0.154. The number of carbonyl (C=O) groups is 2. The van der Waals surface area contributed by atoms with Gasteiger partial charge in [-0.05, 0) is 30.7 Å². The van der Waals surface area contributed by atoms with Crippen LogP contribution in [0, 0.1) is 11.6 Å². The average Bonchev–Trinajstić information content (AvgIpc) is 3.11. The first kappa shape index (κ1) is 19.5. The second kappa shape index (κ2) is 8.54. The van der Waals surface area contributed by atoms with Gasteiger partial charge in [-0.2, -0.15) is 0 Å². The minimum Gasteiger partial charge on any atom is -0.459 e. The number of hydrazine groups is 1. The number of furan rings is 1. The van der Waals surface area contributed by atoms with Crippen molar-refractivity contribution < 1.29 is 31.2 Å². The molecule has 1 aromatic heterocycles. The van der Waals surface area contributed by atoms with Crippen LogP contribution in [0.1, 0.15) is 23.4 Å². The van der Waals surface area contributed by atoms with Crippen molar-refractivity contribution in [1.29, 1.82) is 0 Å². The molecule has 0 spiro atoms. The van der Waals surface area contributed by atoms with E-state index in [0.717, 1.165) is 12.1 Å². The molecule has 0 aliphatic rings. The molecule has 0 atom stereocenters. The number of nitrogens with one attached hydrogen (secondary N) is 3. The molecular formula is C15H15F2N3O5S. The lowest BCUT2D eigenvalue weighted by atomic mass is 10.3. The summed E-state index contributed by atoms with van der Waals surface area (Å²) in [7, 11) is -4.17. The number of halogens is 2. The van der Waals surface area contributed by atoms with Gasteiger partial charge in [-0.1, -0.05) is 0 Å². The van der Waals surface area contributed by atoms with Crippen LogP contribution in [0.25, 0.3) is 0 Å². The van der Waals surface area contributed by atoms with Crippen LogP contribution < -0.4 is 15.6 Å². The summed E-state index contributed by atoms with van der Waals surface area (Å²) in [6, 6.07) is 5.01. The predicted octanol–water partition coefficient (Wildman–Crippen LogP) is 1.08. The lowest BCUT2D eigenvalue weighted by molar-refractivity contribution is -0.121. The normalized spacial score (nSPS) is 11.2. The van der Waals surface area contributed by atoms with Gasteiger partial charge in [0.05, 0.1) is 6.26 Å². The van der Waals surface area contributed by atoms with Crippen LogP contribution in [-0.2, 0) is 14.8 Å². The van der Waals surface area contributed by atoms with Gasteiger partial charge in [0.25, 0.3) is 0 Å². The lowest BCUT2D eigenvalue weighted by Gasteiger charge is -2.08. The fourth-order valence-corrected chi connectivity index (χ4v) is 3.02. The minimum atomic E-state index is -4.17. The fourth-order valence-electron chi connectivity index (χ4n) is 1.88. The van der Waals surface area contributed by atoms with Gasteiger partial charge in [-0.25, -0.2) is 21.9 Å². The molecule has 3 N–H and O–H groups in total. The summed E-state index contributed by atoms with van der Waals surface area (Å²) in [5, 5.41) is 0. The second-order valence-corrected chi connectivity index (χ2v) is 6.79. The third kappa shape index (κ3) is 5.36. The minimum absolute atomic E-state index is 0.0133. The van der Waals surface area contributed by atoms with Crippen LogP contribution in [0.5, 0.6) is 0 Å². The Morgan fingerprint density at radius 1 is 1.12 bits per heavy atom. The first-order valence-electron chi connectivity index (χ1n) is 7.37. The summed E-state index contributed by atoms with van der Waals surface area (Å²) in [5.74, 6) is -3.29. The largest absolute Gasteiger partial charge is 0.459 e. The predicted molar refractivity (Wildman–Crippen MR) is 85.1 cm³/mol. The molecule has 0 aliphatic heterocycles. The van der Waals surface area contributed by atoms with Gasteiger partial charge in [0.1, 0.15) is 16.5 Å². The molecule has 2 amide bonds. The zero-order valence-electron chi connectivity index (χ0n) is 13.3. The van der Waals surface area contributed by atoms with Crippen molar-refractivity contribution in [3.8, 4) is 0 Å². The summed E-state index contributed by atoms with van der Waals surface area (Å²) in [4.78, 5) is 22.4. The Balaban J connectivity index is 1.73. The zero-order valence-corrected chi connectivity index (χ0v) is 14.1. The summed E-state index contributed by atoms with van der Waals surface area (Å²) < 4.78 is 57.1. The first-order valence-corrected chi connectivity index (χ1v) is 8.85. The van der Waals surface area contributed by atoms with Crippen LogP contribution in [0.3, 0.4) is 0 Å². The van der Waals surface area contributed by atoms with Gasteiger partial charge in [-0.15, -0.1) is 0 Å². The Morgan fingerprint density at radius 3 is 2.54 bits per heavy atom. The summed E-state index contributed by atoms with van der Waals surface area (Å²) >= 11 is 0. The van der Waals surface area contributed by atoms with E-state index in [1.165, 1.54) is 18.4 Å². The number of sulfonamides is 1. The third-order valence-electron chi connectivity index (χ3n) is 3.12. The number of rotatable bonds is 7. The van der Waals surface area contributed by atoms with Crippen molar-refractivity contribution in [3.05, 3.63) is 54.0 Å². The Morgan fingerprint density at radius 2 is 1.88 bits per heavy atom. The maximum absolute atomic E-state index is 13.5. The number of hydrogen-bond donors (Lipinski definition) is 3. The van der Waals surface area contributed by atoms with E-state index in [0.29, 0.717) is 6.07 Å². The van der Waals surface area contributed by atoms with Crippen molar-refractivity contribution >= 4 is 21.8 Å². The fraction of sp³-hybridized carbons (Fsp3) is 0.200. The quantitative estimate of drug-likeness (QED) is 0.485. The highest BCUT2D eigenvalue weighted by atomic mass is 32.2. The molecule has 0 unspecified atom stereocenters. The number of carbonyl (C=O) groups excluding carboxylic acids is 2. The van der Waals surface area contributed by atoms with E-state index in [-0.39, 0.29) is 25.1 Å². The standard InChI is InChI=1S/C15H15F2N3O5S/c16-10-5-6-13(11(17)9-10)26(23,24)18-7-1-4-14(21)19-20-15(22)12-3-2-8-25-12/h2-3,5-6,8-9,18H,1,4,7H2,(H,19,21)(H,20,22). The number of amides is 2. The molecule has 0 fully saturated rings. The van der Waals surface area contributed by atoms with Crippen molar-refractivity contribution in [2.45, 2.75) is 17.7 Å². The molecule has 1 aromatic carbocycles. The zero-order chi connectivity index (χ0) is 19.2. The third-order valence-corrected chi connectivity index (χ3v) is 4.61. The number of hydrogen-bond acceptors (Lipinski definition) is 5. The maximum Gasteiger partial charge on any atom is 0.305 e. The maximum atomic E-state index is 13.5. The van der Waals surface area contributed by atoms with Crippen molar-refractivity contribution in [3.63, 3.8) is 0 Å². The summed E-state index contributed by atoms with van der Waals surface area (Å²) in [6.07, 6.45) is 1.28. The molecule has 0 bridgehead atoms. The Labute approximate surface area is 147 Å². The van der Waals surface area contributed by atoms with Crippen LogP contribution in [0.2, 0.25) is 0 Å². The van der Waals surface area contributed by atoms with Crippen LogP contribution >= 0.6 is 0 Å². The van der Waals surface area contributed by atoms with Crippen LogP contribution in [0.15, 0.2) is 45.9 Å². The van der Waals surface area contributed by atoms with Crippen LogP contribution in [0.4, 0.5) is 8.78 Å². The second-order valence-electron chi connectivity index (χ2n) is 5.06. The molecule has 11 heteroatoms. The van der Waals surface area contributed by atoms with E-state index < -0.39 is 38.4 Å². The van der Waals surface area contributed by atoms with Crippen molar-refractivity contribution in [1.82, 2.24) is 15.6 Å². The topological polar surface area (TPSA) is 118 Å². The highest BCUT2D eigenvalue weighted by molar-refractivity contribution is 7.89. The molecule has 2 aromatic rings. The number of benzene rings is 1. The molecule has 140 valence electrons. The van der Waals surface area contributed by atoms with E-state index in [2.05, 4.69) is 15.6 Å². The lowest BCUT2D eigenvalue weighted by Crippen LogP contribution is -2.41. The molecule has 8 nitrogen and oxygen atoms in total. The van der Waals surface area contributed by atoms with Gasteiger partial charge in [0.15, 0.2) is 5.76 Å². The monoisotopic (exact) mass is 387 g/mol. The first-order chi connectivity index (χ1) is 12.3. The van der Waals surface area contributed by atoms with Gasteiger partial charge in [-0.3, -0.25) is 20.4 Å². The van der Waals surface area contributed by atoms with Crippen molar-refractivity contribution in [2.24, 2.45) is 0 Å². The van der Waals surface area contributed by atoms with Gasteiger partial charge in [0, 0.05) is 19.0 Å². The SMILES string of the molecule is O=C(CCCNS(=O)(=O)c1ccc(F)cc1F)NNC(=O)c1ccco1.